The standard InChI is InChI=1S/C64H109N2O6P/c1-6-8-10-12-14-16-18-20-22-24-26-27-28-29-30-31-32-33-34-35-36-37-38-39-40-42-44-46-48-50-52-54-56-58-64(68)65-62(61-72-73(69,70)71-60-59-66(3,4)5)63(67)57-55-53-51-49-47-45-43-41-25-23-21-19-17-15-13-11-9-7-2/h8,10,14,16,20,22,26-27,29-30,32-33,35-36,38-39,42,44,48,50,55,57,62-63,67H,6-7,9,11-13,15,17-19,21,23-25,28,31,34,37,40-41,43,45-47,49,51-54,56,58-61H2,1-5H3,(H-,65,68,69,70)/b10-8-,16-14-,22-20-,27-26-,30-29-,33-32-,36-35-,39-38-,44-42-,50-48-,57-55+. The zero-order valence-corrected chi connectivity index (χ0v) is 48.2. The molecule has 0 radical (unpaired) electrons. The predicted molar refractivity (Wildman–Crippen MR) is 315 cm³/mol. The third-order valence-electron chi connectivity index (χ3n) is 12.1. The monoisotopic (exact) mass is 1030 g/mol. The van der Waals surface area contributed by atoms with Crippen LogP contribution in [0.5, 0.6) is 0 Å². The summed E-state index contributed by atoms with van der Waals surface area (Å²) < 4.78 is 23.3. The van der Waals surface area contributed by atoms with Gasteiger partial charge >= 0.3 is 0 Å². The van der Waals surface area contributed by atoms with E-state index in [9.17, 15) is 19.4 Å². The Morgan fingerprint density at radius 3 is 1.22 bits per heavy atom. The number of amides is 1. The van der Waals surface area contributed by atoms with Crippen LogP contribution in [0.4, 0.5) is 0 Å². The molecule has 9 heteroatoms. The number of carbonyl (C=O) groups excluding carboxylic acids is 1. The minimum atomic E-state index is -4.62. The molecule has 3 unspecified atom stereocenters. The van der Waals surface area contributed by atoms with Gasteiger partial charge < -0.3 is 28.8 Å². The van der Waals surface area contributed by atoms with E-state index in [1.165, 1.54) is 89.9 Å². The molecular formula is C64H109N2O6P. The van der Waals surface area contributed by atoms with Crippen molar-refractivity contribution in [1.29, 1.82) is 0 Å². The first-order valence-electron chi connectivity index (χ1n) is 29.0. The SMILES string of the molecule is CC/C=C\C/C=C\C/C=C\C/C=C\C/C=C\C/C=C\C/C=C\C/C=C\C/C=C\C/C=C\CCCCC(=O)NC(COP(=O)([O-])OCC[N+](C)(C)C)C(O)/C=C/CCCCCCCCCCCCCCCCCC. The van der Waals surface area contributed by atoms with Crippen molar-refractivity contribution in [3.8, 4) is 0 Å². The fourth-order valence-corrected chi connectivity index (χ4v) is 8.31. The largest absolute Gasteiger partial charge is 0.756 e. The minimum absolute atomic E-state index is 0.0170. The Labute approximate surface area is 449 Å². The van der Waals surface area contributed by atoms with Crippen LogP contribution in [-0.2, 0) is 18.4 Å². The second-order valence-corrected chi connectivity index (χ2v) is 21.7. The van der Waals surface area contributed by atoms with Crippen molar-refractivity contribution in [2.45, 2.75) is 225 Å². The Hall–Kier alpha value is -3.36. The van der Waals surface area contributed by atoms with Gasteiger partial charge in [-0.25, -0.2) is 0 Å². The summed E-state index contributed by atoms with van der Waals surface area (Å²) in [7, 11) is 1.21. The number of unbranched alkanes of at least 4 members (excludes halogenated alkanes) is 18. The van der Waals surface area contributed by atoms with Crippen molar-refractivity contribution in [2.24, 2.45) is 0 Å². The number of nitrogens with zero attached hydrogens (tertiary/aromatic N) is 1. The van der Waals surface area contributed by atoms with Crippen molar-refractivity contribution >= 4 is 13.7 Å². The van der Waals surface area contributed by atoms with Gasteiger partial charge in [-0.15, -0.1) is 0 Å². The molecular weight excluding hydrogens is 924 g/mol. The zero-order chi connectivity index (χ0) is 53.5. The molecule has 0 aromatic heterocycles. The van der Waals surface area contributed by atoms with E-state index in [0.717, 1.165) is 96.3 Å². The summed E-state index contributed by atoms with van der Waals surface area (Å²) in [6, 6.07) is -0.921. The number of phosphoric ester groups is 1. The number of likely N-dealkylation sites (N-methyl/N-ethyl adjacent to an activating group) is 1. The van der Waals surface area contributed by atoms with E-state index >= 15 is 0 Å². The van der Waals surface area contributed by atoms with E-state index in [1.807, 2.05) is 27.2 Å². The molecule has 1 amide bonds. The first-order chi connectivity index (χ1) is 35.5. The molecule has 0 heterocycles. The van der Waals surface area contributed by atoms with Gasteiger partial charge in [-0.2, -0.15) is 0 Å². The number of hydrogen-bond acceptors (Lipinski definition) is 6. The van der Waals surface area contributed by atoms with Crippen LogP contribution in [0.1, 0.15) is 213 Å². The number of hydrogen-bond donors (Lipinski definition) is 2. The van der Waals surface area contributed by atoms with Gasteiger partial charge in [0.1, 0.15) is 13.2 Å². The number of aliphatic hydroxyl groups excluding tert-OH is 1. The van der Waals surface area contributed by atoms with Crippen molar-refractivity contribution in [2.75, 3.05) is 40.9 Å². The van der Waals surface area contributed by atoms with Crippen molar-refractivity contribution in [3.05, 3.63) is 134 Å². The molecule has 0 rings (SSSR count). The summed E-state index contributed by atoms with van der Waals surface area (Å²) in [5.41, 5.74) is 0. The van der Waals surface area contributed by atoms with E-state index in [-0.39, 0.29) is 18.9 Å². The minimum Gasteiger partial charge on any atom is -0.756 e. The van der Waals surface area contributed by atoms with Gasteiger partial charge in [0.05, 0.1) is 39.9 Å². The van der Waals surface area contributed by atoms with Gasteiger partial charge in [-0.3, -0.25) is 9.36 Å². The number of allylic oxidation sites excluding steroid dienone is 21. The zero-order valence-electron chi connectivity index (χ0n) is 47.3. The Kier molecular flexibility index (Phi) is 51.0. The number of aliphatic hydroxyl groups is 1. The van der Waals surface area contributed by atoms with E-state index in [1.54, 1.807) is 6.08 Å². The summed E-state index contributed by atoms with van der Waals surface area (Å²) in [6.07, 6.45) is 81.0. The summed E-state index contributed by atoms with van der Waals surface area (Å²) in [4.78, 5) is 25.5. The van der Waals surface area contributed by atoms with Crippen LogP contribution in [0.25, 0.3) is 0 Å². The van der Waals surface area contributed by atoms with E-state index < -0.39 is 26.6 Å². The maximum atomic E-state index is 12.9. The normalized spacial score (nSPS) is 14.9. The Morgan fingerprint density at radius 1 is 0.493 bits per heavy atom. The fraction of sp³-hybridized carbons (Fsp3) is 0.641. The summed E-state index contributed by atoms with van der Waals surface area (Å²) >= 11 is 0. The third kappa shape index (κ3) is 56.2. The van der Waals surface area contributed by atoms with Crippen LogP contribution in [0.2, 0.25) is 0 Å². The van der Waals surface area contributed by atoms with Crippen LogP contribution >= 0.6 is 7.82 Å². The highest BCUT2D eigenvalue weighted by atomic mass is 31.2. The van der Waals surface area contributed by atoms with Crippen molar-refractivity contribution in [3.63, 3.8) is 0 Å². The molecule has 0 bridgehead atoms. The first-order valence-corrected chi connectivity index (χ1v) is 30.5. The van der Waals surface area contributed by atoms with Gasteiger partial charge in [0.2, 0.25) is 5.91 Å². The predicted octanol–water partition coefficient (Wildman–Crippen LogP) is 17.3. The quantitative estimate of drug-likeness (QED) is 0.0272. The van der Waals surface area contributed by atoms with Crippen LogP contribution < -0.4 is 10.2 Å². The molecule has 0 saturated heterocycles. The molecule has 0 fully saturated rings. The molecule has 73 heavy (non-hydrogen) atoms. The molecule has 2 N–H and O–H groups in total. The van der Waals surface area contributed by atoms with Gasteiger partial charge in [0.15, 0.2) is 0 Å². The second kappa shape index (κ2) is 53.5. The average Bonchev–Trinajstić information content (AvgIpc) is 3.35. The van der Waals surface area contributed by atoms with E-state index in [2.05, 4.69) is 141 Å². The highest BCUT2D eigenvalue weighted by Crippen LogP contribution is 2.38. The Morgan fingerprint density at radius 2 is 0.836 bits per heavy atom. The molecule has 3 atom stereocenters. The number of rotatable bonds is 51. The summed E-state index contributed by atoms with van der Waals surface area (Å²) in [5.74, 6) is -0.245. The lowest BCUT2D eigenvalue weighted by atomic mass is 10.0. The molecule has 0 spiro atoms. The topological polar surface area (TPSA) is 108 Å². The van der Waals surface area contributed by atoms with Crippen LogP contribution in [-0.4, -0.2) is 68.5 Å². The molecule has 416 valence electrons. The number of quaternary nitrogens is 1. The van der Waals surface area contributed by atoms with Crippen LogP contribution in [0.3, 0.4) is 0 Å². The molecule has 0 saturated carbocycles. The molecule has 0 aromatic rings. The molecule has 0 aliphatic carbocycles. The lowest BCUT2D eigenvalue weighted by Gasteiger charge is -2.29. The second-order valence-electron chi connectivity index (χ2n) is 20.3. The van der Waals surface area contributed by atoms with Crippen LogP contribution in [0, 0.1) is 0 Å². The number of carbonyl (C=O) groups is 1. The Bertz CT molecular complexity index is 1640. The van der Waals surface area contributed by atoms with Gasteiger partial charge in [0.25, 0.3) is 7.82 Å². The maximum Gasteiger partial charge on any atom is 0.268 e. The molecule has 0 aromatic carbocycles. The summed E-state index contributed by atoms with van der Waals surface area (Å²) in [6.45, 7) is 4.49. The van der Waals surface area contributed by atoms with Gasteiger partial charge in [-0.05, 0) is 96.3 Å². The maximum absolute atomic E-state index is 12.9. The fourth-order valence-electron chi connectivity index (χ4n) is 7.59. The van der Waals surface area contributed by atoms with Crippen molar-refractivity contribution in [1.82, 2.24) is 5.32 Å². The lowest BCUT2D eigenvalue weighted by molar-refractivity contribution is -0.870. The smallest absolute Gasteiger partial charge is 0.268 e. The summed E-state index contributed by atoms with van der Waals surface area (Å²) in [5, 5.41) is 13.8. The van der Waals surface area contributed by atoms with Gasteiger partial charge in [0, 0.05) is 6.42 Å². The Balaban J connectivity index is 4.35. The first kappa shape index (κ1) is 69.6. The highest BCUT2D eigenvalue weighted by molar-refractivity contribution is 7.45. The lowest BCUT2D eigenvalue weighted by Crippen LogP contribution is -2.45. The van der Waals surface area contributed by atoms with Gasteiger partial charge in [-0.1, -0.05) is 244 Å². The molecule has 0 aliphatic rings. The third-order valence-corrected chi connectivity index (χ3v) is 13.1. The van der Waals surface area contributed by atoms with E-state index in [0.29, 0.717) is 17.4 Å². The molecule has 0 aliphatic heterocycles. The van der Waals surface area contributed by atoms with Crippen LogP contribution in [0.15, 0.2) is 134 Å². The van der Waals surface area contributed by atoms with E-state index in [4.69, 9.17) is 9.05 Å². The molecule has 8 nitrogen and oxygen atoms in total. The highest BCUT2D eigenvalue weighted by Gasteiger charge is 2.23. The average molecular weight is 1030 g/mol. The number of nitrogens with one attached hydrogen (secondary N) is 1. The van der Waals surface area contributed by atoms with Crippen molar-refractivity contribution < 1.29 is 32.9 Å². The number of phosphoric acid groups is 1.